The van der Waals surface area contributed by atoms with E-state index in [2.05, 4.69) is 0 Å². The molecule has 0 bridgehead atoms. The number of unbranched alkanes of at least 4 members (excludes halogenated alkanes) is 2. The molecule has 0 unspecified atom stereocenters. The highest BCUT2D eigenvalue weighted by molar-refractivity contribution is 5.69. The Morgan fingerprint density at radius 3 is 2.57 bits per heavy atom. The fourth-order valence-electron chi connectivity index (χ4n) is 1.95. The number of aromatic nitrogens is 1. The van der Waals surface area contributed by atoms with Crippen LogP contribution < -0.4 is 5.56 Å². The quantitative estimate of drug-likeness (QED) is 0.575. The number of halogens is 3. The van der Waals surface area contributed by atoms with Gasteiger partial charge in [0.2, 0.25) is 0 Å². The first kappa shape index (κ1) is 17.3. The second-order valence-corrected chi connectivity index (χ2v) is 4.51. The van der Waals surface area contributed by atoms with Gasteiger partial charge in [0.05, 0.1) is 6.61 Å². The highest BCUT2D eigenvalue weighted by atomic mass is 19.4. The number of nitrogens with zero attached hydrogens (tertiary/aromatic N) is 1. The van der Waals surface area contributed by atoms with Crippen molar-refractivity contribution in [2.45, 2.75) is 45.3 Å². The summed E-state index contributed by atoms with van der Waals surface area (Å²) in [5.74, 6) is -0.314. The first-order valence-electron chi connectivity index (χ1n) is 6.79. The van der Waals surface area contributed by atoms with Crippen molar-refractivity contribution in [2.75, 3.05) is 6.61 Å². The lowest BCUT2D eigenvalue weighted by Crippen LogP contribution is -2.27. The Morgan fingerprint density at radius 2 is 1.95 bits per heavy atom. The van der Waals surface area contributed by atoms with Gasteiger partial charge >= 0.3 is 12.1 Å². The molecular weight excluding hydrogens is 287 g/mol. The second kappa shape index (κ2) is 7.85. The van der Waals surface area contributed by atoms with Gasteiger partial charge in [-0.3, -0.25) is 9.59 Å². The molecule has 1 aromatic rings. The molecule has 7 heteroatoms. The number of carbonyl (C=O) groups excluding carboxylic acids is 1. The summed E-state index contributed by atoms with van der Waals surface area (Å²) in [5.41, 5.74) is -1.62. The lowest BCUT2D eigenvalue weighted by atomic mass is 10.2. The van der Waals surface area contributed by atoms with E-state index >= 15 is 0 Å². The summed E-state index contributed by atoms with van der Waals surface area (Å²) in [4.78, 5) is 22.6. The van der Waals surface area contributed by atoms with Gasteiger partial charge in [-0.1, -0.05) is 12.5 Å². The number of pyridine rings is 1. The molecule has 1 rings (SSSR count). The molecule has 1 heterocycles. The monoisotopic (exact) mass is 305 g/mol. The lowest BCUT2D eigenvalue weighted by molar-refractivity contribution is -0.144. The van der Waals surface area contributed by atoms with Gasteiger partial charge in [0, 0.05) is 19.0 Å². The summed E-state index contributed by atoms with van der Waals surface area (Å²) >= 11 is 0. The van der Waals surface area contributed by atoms with Crippen LogP contribution in [0.1, 0.15) is 38.3 Å². The average molecular weight is 305 g/mol. The summed E-state index contributed by atoms with van der Waals surface area (Å²) in [5, 5.41) is 0. The van der Waals surface area contributed by atoms with Crippen molar-refractivity contribution in [3.8, 4) is 0 Å². The summed E-state index contributed by atoms with van der Waals surface area (Å²) in [6, 6.07) is 3.09. The van der Waals surface area contributed by atoms with E-state index in [0.29, 0.717) is 25.9 Å². The molecule has 0 saturated carbocycles. The van der Waals surface area contributed by atoms with E-state index in [1.807, 2.05) is 0 Å². The van der Waals surface area contributed by atoms with Gasteiger partial charge < -0.3 is 9.30 Å². The molecule has 0 atom stereocenters. The van der Waals surface area contributed by atoms with E-state index < -0.39 is 17.4 Å². The molecule has 0 aliphatic rings. The maximum absolute atomic E-state index is 12.8. The molecule has 0 saturated heterocycles. The minimum Gasteiger partial charge on any atom is -0.466 e. The Morgan fingerprint density at radius 1 is 1.24 bits per heavy atom. The van der Waals surface area contributed by atoms with Crippen molar-refractivity contribution in [1.82, 2.24) is 4.57 Å². The van der Waals surface area contributed by atoms with Crippen LogP contribution in [0.25, 0.3) is 0 Å². The van der Waals surface area contributed by atoms with Crippen LogP contribution in [-0.4, -0.2) is 17.1 Å². The molecule has 0 aliphatic carbocycles. The zero-order valence-corrected chi connectivity index (χ0v) is 11.8. The molecule has 0 fully saturated rings. The van der Waals surface area contributed by atoms with Crippen LogP contribution in [0, 0.1) is 0 Å². The smallest absolute Gasteiger partial charge is 0.431 e. The maximum atomic E-state index is 12.8. The lowest BCUT2D eigenvalue weighted by Gasteiger charge is -2.14. The maximum Gasteiger partial charge on any atom is 0.431 e. The van der Waals surface area contributed by atoms with E-state index in [4.69, 9.17) is 4.74 Å². The highest BCUT2D eigenvalue weighted by Crippen LogP contribution is 2.28. The standard InChI is InChI=1S/C14H18F3NO3/c1-2-21-13(20)9-4-3-5-10-18-11(14(15,16)17)7-6-8-12(18)19/h6-8H,2-5,9-10H2,1H3. The molecule has 118 valence electrons. The van der Waals surface area contributed by atoms with E-state index in [0.717, 1.165) is 22.8 Å². The third kappa shape index (κ3) is 5.61. The van der Waals surface area contributed by atoms with Gasteiger partial charge in [-0.15, -0.1) is 0 Å². The molecule has 0 radical (unpaired) electrons. The SMILES string of the molecule is CCOC(=O)CCCCCn1c(C(F)(F)F)cccc1=O. The van der Waals surface area contributed by atoms with E-state index in [9.17, 15) is 22.8 Å². The van der Waals surface area contributed by atoms with Crippen molar-refractivity contribution < 1.29 is 22.7 Å². The summed E-state index contributed by atoms with van der Waals surface area (Å²) in [6.07, 6.45) is -2.83. The fourth-order valence-corrected chi connectivity index (χ4v) is 1.95. The van der Waals surface area contributed by atoms with Gasteiger partial charge in [-0.2, -0.15) is 13.2 Å². The van der Waals surface area contributed by atoms with Crippen LogP contribution in [0.5, 0.6) is 0 Å². The Labute approximate surface area is 120 Å². The number of ether oxygens (including phenoxy) is 1. The van der Waals surface area contributed by atoms with Gasteiger partial charge in [-0.25, -0.2) is 0 Å². The normalized spacial score (nSPS) is 11.4. The number of esters is 1. The van der Waals surface area contributed by atoms with Crippen LogP contribution in [0.2, 0.25) is 0 Å². The molecule has 1 aromatic heterocycles. The second-order valence-electron chi connectivity index (χ2n) is 4.51. The minimum atomic E-state index is -4.55. The third-order valence-electron chi connectivity index (χ3n) is 2.91. The summed E-state index contributed by atoms with van der Waals surface area (Å²) in [7, 11) is 0. The van der Waals surface area contributed by atoms with Crippen molar-refractivity contribution in [3.05, 3.63) is 34.2 Å². The van der Waals surface area contributed by atoms with E-state index in [-0.39, 0.29) is 18.9 Å². The fraction of sp³-hybridized carbons (Fsp3) is 0.571. The first-order valence-corrected chi connectivity index (χ1v) is 6.79. The molecule has 0 aliphatic heterocycles. The van der Waals surface area contributed by atoms with Crippen molar-refractivity contribution in [1.29, 1.82) is 0 Å². The topological polar surface area (TPSA) is 48.3 Å². The van der Waals surface area contributed by atoms with E-state index in [1.54, 1.807) is 6.92 Å². The molecule has 0 amide bonds. The van der Waals surface area contributed by atoms with Gasteiger partial charge in [0.1, 0.15) is 5.69 Å². The van der Waals surface area contributed by atoms with Crippen LogP contribution in [0.3, 0.4) is 0 Å². The number of alkyl halides is 3. The Balaban J connectivity index is 2.53. The molecular formula is C14H18F3NO3. The largest absolute Gasteiger partial charge is 0.466 e. The zero-order valence-electron chi connectivity index (χ0n) is 11.8. The average Bonchev–Trinajstić information content (AvgIpc) is 2.39. The van der Waals surface area contributed by atoms with Crippen molar-refractivity contribution >= 4 is 5.97 Å². The van der Waals surface area contributed by atoms with Crippen LogP contribution >= 0.6 is 0 Å². The summed E-state index contributed by atoms with van der Waals surface area (Å²) in [6.45, 7) is 2.00. The van der Waals surface area contributed by atoms with Crippen LogP contribution in [0.4, 0.5) is 13.2 Å². The van der Waals surface area contributed by atoms with Gasteiger partial charge in [0.15, 0.2) is 0 Å². The molecule has 21 heavy (non-hydrogen) atoms. The van der Waals surface area contributed by atoms with Crippen molar-refractivity contribution in [3.63, 3.8) is 0 Å². The van der Waals surface area contributed by atoms with Gasteiger partial charge in [-0.05, 0) is 25.8 Å². The Kier molecular flexibility index (Phi) is 6.45. The highest BCUT2D eigenvalue weighted by Gasteiger charge is 2.33. The predicted octanol–water partition coefficient (Wildman–Crippen LogP) is 2.99. The molecule has 0 aromatic carbocycles. The molecule has 0 N–H and O–H groups in total. The van der Waals surface area contributed by atoms with Crippen molar-refractivity contribution in [2.24, 2.45) is 0 Å². The Hall–Kier alpha value is -1.79. The zero-order chi connectivity index (χ0) is 15.9. The summed E-state index contributed by atoms with van der Waals surface area (Å²) < 4.78 is 43.8. The minimum absolute atomic E-state index is 0.0165. The number of hydrogen-bond donors (Lipinski definition) is 0. The first-order chi connectivity index (χ1) is 9.86. The van der Waals surface area contributed by atoms with Gasteiger partial charge in [0.25, 0.3) is 5.56 Å². The molecule has 0 spiro atoms. The number of carbonyl (C=O) groups is 1. The van der Waals surface area contributed by atoms with E-state index in [1.165, 1.54) is 0 Å². The molecule has 4 nitrogen and oxygen atoms in total. The number of hydrogen-bond acceptors (Lipinski definition) is 3. The third-order valence-corrected chi connectivity index (χ3v) is 2.91. The predicted molar refractivity (Wildman–Crippen MR) is 70.8 cm³/mol. The van der Waals surface area contributed by atoms with Crippen LogP contribution in [-0.2, 0) is 22.3 Å². The number of rotatable bonds is 7. The van der Waals surface area contributed by atoms with Crippen LogP contribution in [0.15, 0.2) is 23.0 Å². The Bertz CT molecular complexity index is 523.